The quantitative estimate of drug-likeness (QED) is 0.925. The van der Waals surface area contributed by atoms with Crippen molar-refractivity contribution in [3.05, 3.63) is 18.0 Å². The molecule has 0 radical (unpaired) electrons. The second kappa shape index (κ2) is 5.41. The maximum atomic E-state index is 13.2. The third-order valence-corrected chi connectivity index (χ3v) is 4.66. The Bertz CT molecular complexity index is 450. The molecule has 1 saturated heterocycles. The van der Waals surface area contributed by atoms with E-state index >= 15 is 0 Å². The molecule has 112 valence electrons. The lowest BCUT2D eigenvalue weighted by atomic mass is 9.91. The molecule has 1 aliphatic carbocycles. The fraction of sp³-hybridized carbons (Fsp3) is 0.786. The Morgan fingerprint density at radius 2 is 2.00 bits per heavy atom. The molecule has 0 spiro atoms. The Labute approximate surface area is 117 Å². The molecule has 0 amide bonds. The van der Waals surface area contributed by atoms with Gasteiger partial charge in [0.2, 0.25) is 5.92 Å². The van der Waals surface area contributed by atoms with Crippen LogP contribution in [0.1, 0.15) is 43.7 Å². The molecule has 6 heteroatoms. The van der Waals surface area contributed by atoms with E-state index in [1.165, 1.54) is 0 Å². The number of rotatable bonds is 3. The van der Waals surface area contributed by atoms with Crippen LogP contribution in [0.25, 0.3) is 0 Å². The van der Waals surface area contributed by atoms with E-state index in [0.717, 1.165) is 25.1 Å². The summed E-state index contributed by atoms with van der Waals surface area (Å²) >= 11 is 0. The standard InChI is InChI=1S/C14H22F2N4/c15-14(16)4-1-12(2-5-14)19-6-3-13(10-19)20-9-11(7-17)8-18-20/h8-9,12-13H,1-7,10,17H2/t13-/m0/s1. The smallest absolute Gasteiger partial charge is 0.248 e. The molecule has 1 atom stereocenters. The van der Waals surface area contributed by atoms with E-state index in [9.17, 15) is 8.78 Å². The van der Waals surface area contributed by atoms with Crippen LogP contribution >= 0.6 is 0 Å². The Balaban J connectivity index is 1.57. The van der Waals surface area contributed by atoms with Gasteiger partial charge in [0.05, 0.1) is 12.2 Å². The highest BCUT2D eigenvalue weighted by Gasteiger charge is 2.38. The molecule has 20 heavy (non-hydrogen) atoms. The van der Waals surface area contributed by atoms with Crippen molar-refractivity contribution in [2.75, 3.05) is 13.1 Å². The molecule has 2 aliphatic rings. The minimum atomic E-state index is -2.44. The molecule has 0 bridgehead atoms. The van der Waals surface area contributed by atoms with Crippen molar-refractivity contribution in [1.82, 2.24) is 14.7 Å². The van der Waals surface area contributed by atoms with Crippen LogP contribution in [0.5, 0.6) is 0 Å². The number of likely N-dealkylation sites (tertiary alicyclic amines) is 1. The van der Waals surface area contributed by atoms with Gasteiger partial charge in [-0.25, -0.2) is 8.78 Å². The number of aromatic nitrogens is 2. The highest BCUT2D eigenvalue weighted by Crippen LogP contribution is 2.37. The average Bonchev–Trinajstić information content (AvgIpc) is 3.07. The molecule has 4 nitrogen and oxygen atoms in total. The first-order chi connectivity index (χ1) is 9.57. The molecular weight excluding hydrogens is 262 g/mol. The first-order valence-corrected chi connectivity index (χ1v) is 7.42. The van der Waals surface area contributed by atoms with Gasteiger partial charge in [-0.05, 0) is 19.3 Å². The van der Waals surface area contributed by atoms with Gasteiger partial charge in [-0.3, -0.25) is 9.58 Å². The summed E-state index contributed by atoms with van der Waals surface area (Å²) in [5.41, 5.74) is 6.64. The number of nitrogens with zero attached hydrogens (tertiary/aromatic N) is 3. The molecule has 1 saturated carbocycles. The van der Waals surface area contributed by atoms with E-state index in [1.807, 2.05) is 17.1 Å². The van der Waals surface area contributed by atoms with Gasteiger partial charge in [-0.15, -0.1) is 0 Å². The molecular formula is C14H22F2N4. The fourth-order valence-corrected chi connectivity index (χ4v) is 3.39. The largest absolute Gasteiger partial charge is 0.326 e. The lowest BCUT2D eigenvalue weighted by Crippen LogP contribution is -2.39. The lowest BCUT2D eigenvalue weighted by Gasteiger charge is -2.34. The van der Waals surface area contributed by atoms with Gasteiger partial charge in [0.1, 0.15) is 0 Å². The summed E-state index contributed by atoms with van der Waals surface area (Å²) in [6.07, 6.45) is 6.17. The van der Waals surface area contributed by atoms with Crippen LogP contribution in [0.15, 0.2) is 12.4 Å². The molecule has 0 aromatic carbocycles. The van der Waals surface area contributed by atoms with Crippen LogP contribution < -0.4 is 5.73 Å². The lowest BCUT2D eigenvalue weighted by molar-refractivity contribution is -0.0518. The van der Waals surface area contributed by atoms with Gasteiger partial charge in [0, 0.05) is 50.3 Å². The number of nitrogens with two attached hydrogens (primary N) is 1. The zero-order valence-corrected chi connectivity index (χ0v) is 11.6. The first kappa shape index (κ1) is 13.9. The van der Waals surface area contributed by atoms with Crippen molar-refractivity contribution in [1.29, 1.82) is 0 Å². The van der Waals surface area contributed by atoms with Crippen LogP contribution in [-0.2, 0) is 6.54 Å². The van der Waals surface area contributed by atoms with Gasteiger partial charge < -0.3 is 5.73 Å². The molecule has 2 heterocycles. The van der Waals surface area contributed by atoms with Crippen molar-refractivity contribution < 1.29 is 8.78 Å². The van der Waals surface area contributed by atoms with E-state index in [4.69, 9.17) is 5.73 Å². The van der Waals surface area contributed by atoms with Crippen LogP contribution in [-0.4, -0.2) is 39.7 Å². The predicted molar refractivity (Wildman–Crippen MR) is 72.5 cm³/mol. The summed E-state index contributed by atoms with van der Waals surface area (Å²) < 4.78 is 28.4. The summed E-state index contributed by atoms with van der Waals surface area (Å²) in [4.78, 5) is 2.36. The topological polar surface area (TPSA) is 47.1 Å². The normalized spacial score (nSPS) is 28.1. The zero-order chi connectivity index (χ0) is 14.2. The van der Waals surface area contributed by atoms with Crippen molar-refractivity contribution in [2.24, 2.45) is 5.73 Å². The van der Waals surface area contributed by atoms with Crippen molar-refractivity contribution in [3.63, 3.8) is 0 Å². The number of alkyl halides is 2. The van der Waals surface area contributed by atoms with Gasteiger partial charge in [0.15, 0.2) is 0 Å². The van der Waals surface area contributed by atoms with Crippen molar-refractivity contribution in [3.8, 4) is 0 Å². The number of hydrogen-bond donors (Lipinski definition) is 1. The van der Waals surface area contributed by atoms with E-state index in [0.29, 0.717) is 31.5 Å². The molecule has 2 N–H and O–H groups in total. The predicted octanol–water partition coefficient (Wildman–Crippen LogP) is 2.17. The second-order valence-electron chi connectivity index (χ2n) is 6.06. The third-order valence-electron chi connectivity index (χ3n) is 4.66. The fourth-order valence-electron chi connectivity index (χ4n) is 3.39. The van der Waals surface area contributed by atoms with Crippen LogP contribution in [0, 0.1) is 0 Å². The van der Waals surface area contributed by atoms with E-state index in [1.54, 1.807) is 0 Å². The maximum Gasteiger partial charge on any atom is 0.248 e. The Morgan fingerprint density at radius 3 is 2.65 bits per heavy atom. The van der Waals surface area contributed by atoms with Crippen molar-refractivity contribution in [2.45, 2.75) is 56.7 Å². The van der Waals surface area contributed by atoms with E-state index in [-0.39, 0.29) is 12.8 Å². The highest BCUT2D eigenvalue weighted by molar-refractivity contribution is 5.04. The minimum Gasteiger partial charge on any atom is -0.326 e. The molecule has 0 unspecified atom stereocenters. The Morgan fingerprint density at radius 1 is 1.25 bits per heavy atom. The Kier molecular flexibility index (Phi) is 3.77. The van der Waals surface area contributed by atoms with E-state index < -0.39 is 5.92 Å². The Hall–Kier alpha value is -1.01. The molecule has 1 aliphatic heterocycles. The van der Waals surface area contributed by atoms with Gasteiger partial charge in [-0.2, -0.15) is 5.10 Å². The zero-order valence-electron chi connectivity index (χ0n) is 11.6. The molecule has 1 aromatic rings. The first-order valence-electron chi connectivity index (χ1n) is 7.42. The van der Waals surface area contributed by atoms with Crippen LogP contribution in [0.2, 0.25) is 0 Å². The number of halogens is 2. The molecule has 1 aromatic heterocycles. The van der Waals surface area contributed by atoms with Crippen LogP contribution in [0.3, 0.4) is 0 Å². The minimum absolute atomic E-state index is 0.0396. The molecule has 2 fully saturated rings. The maximum absolute atomic E-state index is 13.2. The molecule has 3 rings (SSSR count). The summed E-state index contributed by atoms with van der Waals surface area (Å²) in [6, 6.07) is 0.682. The third kappa shape index (κ3) is 2.86. The number of hydrogen-bond acceptors (Lipinski definition) is 3. The highest BCUT2D eigenvalue weighted by atomic mass is 19.3. The summed E-state index contributed by atoms with van der Waals surface area (Å²) in [7, 11) is 0. The summed E-state index contributed by atoms with van der Waals surface area (Å²) in [5.74, 6) is -2.44. The second-order valence-corrected chi connectivity index (χ2v) is 6.06. The van der Waals surface area contributed by atoms with Gasteiger partial charge in [-0.1, -0.05) is 0 Å². The summed E-state index contributed by atoms with van der Waals surface area (Å²) in [5, 5.41) is 4.36. The SMILES string of the molecule is NCc1cnn([C@H]2CCN(C3CCC(F)(F)CC3)C2)c1. The average molecular weight is 284 g/mol. The van der Waals surface area contributed by atoms with Gasteiger partial charge in [0.25, 0.3) is 0 Å². The van der Waals surface area contributed by atoms with E-state index in [2.05, 4.69) is 10.00 Å². The monoisotopic (exact) mass is 284 g/mol. The van der Waals surface area contributed by atoms with Crippen molar-refractivity contribution >= 4 is 0 Å². The van der Waals surface area contributed by atoms with Gasteiger partial charge >= 0.3 is 0 Å². The van der Waals surface area contributed by atoms with Crippen LogP contribution in [0.4, 0.5) is 8.78 Å². The summed E-state index contributed by atoms with van der Waals surface area (Å²) in [6.45, 7) is 2.41.